The average Bonchev–Trinajstić information content (AvgIpc) is 3.31. The van der Waals surface area contributed by atoms with Gasteiger partial charge in [0.15, 0.2) is 11.5 Å². The Morgan fingerprint density at radius 3 is 2.44 bits per heavy atom. The molecule has 0 bridgehead atoms. The normalized spacial score (nSPS) is 11.9. The second kappa shape index (κ2) is 10.4. The maximum atomic E-state index is 13.7. The zero-order valence-corrected chi connectivity index (χ0v) is 19.9. The lowest BCUT2D eigenvalue weighted by atomic mass is 10.1. The van der Waals surface area contributed by atoms with Gasteiger partial charge in [-0.3, -0.25) is 9.59 Å². The Kier molecular flexibility index (Phi) is 7.16. The molecule has 3 aromatic carbocycles. The van der Waals surface area contributed by atoms with Crippen LogP contribution >= 0.6 is 0 Å². The van der Waals surface area contributed by atoms with E-state index in [1.165, 1.54) is 0 Å². The van der Waals surface area contributed by atoms with Crippen molar-refractivity contribution in [3.63, 3.8) is 0 Å². The van der Waals surface area contributed by atoms with Gasteiger partial charge in [-0.2, -0.15) is 0 Å². The Morgan fingerprint density at radius 1 is 0.912 bits per heavy atom. The first kappa shape index (κ1) is 23.4. The summed E-state index contributed by atoms with van der Waals surface area (Å²) >= 11 is 0. The van der Waals surface area contributed by atoms with Crippen molar-refractivity contribution < 1.29 is 19.1 Å². The van der Waals surface area contributed by atoms with Crippen molar-refractivity contribution in [2.45, 2.75) is 33.2 Å². The van der Waals surface area contributed by atoms with Crippen LogP contribution in [0.15, 0.2) is 66.7 Å². The number of hydrogen-bond donors (Lipinski definition) is 0. The van der Waals surface area contributed by atoms with Gasteiger partial charge in [-0.1, -0.05) is 48.9 Å². The molecule has 34 heavy (non-hydrogen) atoms. The molecule has 1 heterocycles. The standard InChI is InChI=1S/C28H30N2O4/c1-4-14-29(3)27(31)16-22-6-5-7-24(15-22)30(18-21-10-8-20(2)9-11-21)28(32)23-12-13-25-26(17-23)34-19-33-25/h5-13,15,17H,4,14,16,18-19H2,1-3H3. The number of rotatable bonds is 8. The van der Waals surface area contributed by atoms with E-state index >= 15 is 0 Å². The van der Waals surface area contributed by atoms with E-state index in [1.807, 2.05) is 62.5 Å². The Labute approximate surface area is 200 Å². The number of nitrogens with zero attached hydrogens (tertiary/aromatic N) is 2. The van der Waals surface area contributed by atoms with Crippen molar-refractivity contribution in [2.24, 2.45) is 0 Å². The van der Waals surface area contributed by atoms with Gasteiger partial charge in [0.1, 0.15) is 0 Å². The molecule has 0 unspecified atom stereocenters. The molecule has 0 radical (unpaired) electrons. The second-order valence-electron chi connectivity index (χ2n) is 8.61. The third-order valence-electron chi connectivity index (χ3n) is 5.89. The van der Waals surface area contributed by atoms with Gasteiger partial charge in [0.05, 0.1) is 13.0 Å². The van der Waals surface area contributed by atoms with Crippen molar-refractivity contribution in [3.8, 4) is 11.5 Å². The van der Waals surface area contributed by atoms with Gasteiger partial charge in [-0.25, -0.2) is 0 Å². The number of likely N-dealkylation sites (N-methyl/N-ethyl adjacent to an activating group) is 1. The van der Waals surface area contributed by atoms with Gasteiger partial charge in [0.25, 0.3) is 5.91 Å². The number of carbonyl (C=O) groups is 2. The van der Waals surface area contributed by atoms with Crippen LogP contribution in [0.5, 0.6) is 11.5 Å². The lowest BCUT2D eigenvalue weighted by Crippen LogP contribution is -2.31. The number of amides is 2. The third kappa shape index (κ3) is 5.39. The number of hydrogen-bond acceptors (Lipinski definition) is 4. The first-order valence-electron chi connectivity index (χ1n) is 11.5. The number of ether oxygens (including phenoxy) is 2. The van der Waals surface area contributed by atoms with Gasteiger partial charge in [-0.05, 0) is 54.8 Å². The monoisotopic (exact) mass is 458 g/mol. The van der Waals surface area contributed by atoms with E-state index in [1.54, 1.807) is 28.0 Å². The molecule has 1 aliphatic rings. The van der Waals surface area contributed by atoms with Crippen molar-refractivity contribution in [1.29, 1.82) is 0 Å². The Morgan fingerprint density at radius 2 is 1.68 bits per heavy atom. The fourth-order valence-corrected chi connectivity index (χ4v) is 3.95. The average molecular weight is 459 g/mol. The van der Waals surface area contributed by atoms with E-state index in [0.29, 0.717) is 30.0 Å². The molecule has 3 aromatic rings. The highest BCUT2D eigenvalue weighted by Gasteiger charge is 2.22. The summed E-state index contributed by atoms with van der Waals surface area (Å²) in [6, 6.07) is 21.0. The van der Waals surface area contributed by atoms with Crippen LogP contribution in [0, 0.1) is 6.92 Å². The van der Waals surface area contributed by atoms with Crippen molar-refractivity contribution in [2.75, 3.05) is 25.3 Å². The Hall–Kier alpha value is -3.80. The molecule has 0 N–H and O–H groups in total. The number of aryl methyl sites for hydroxylation is 1. The summed E-state index contributed by atoms with van der Waals surface area (Å²) in [4.78, 5) is 29.8. The third-order valence-corrected chi connectivity index (χ3v) is 5.89. The molecular weight excluding hydrogens is 428 g/mol. The number of fused-ring (bicyclic) bond motifs is 1. The Balaban J connectivity index is 1.64. The molecule has 0 saturated heterocycles. The zero-order valence-electron chi connectivity index (χ0n) is 19.9. The Bertz CT molecular complexity index is 1170. The molecule has 0 saturated carbocycles. The maximum absolute atomic E-state index is 13.7. The van der Waals surface area contributed by atoms with Crippen LogP contribution in [-0.2, 0) is 17.8 Å². The largest absolute Gasteiger partial charge is 0.454 e. The summed E-state index contributed by atoms with van der Waals surface area (Å²) in [7, 11) is 1.82. The summed E-state index contributed by atoms with van der Waals surface area (Å²) in [5.74, 6) is 1.12. The lowest BCUT2D eigenvalue weighted by molar-refractivity contribution is -0.129. The van der Waals surface area contributed by atoms with Crippen LogP contribution in [0.4, 0.5) is 5.69 Å². The molecule has 0 fully saturated rings. The summed E-state index contributed by atoms with van der Waals surface area (Å²) in [5.41, 5.74) is 4.31. The molecule has 176 valence electrons. The van der Waals surface area contributed by atoms with E-state index in [2.05, 4.69) is 6.92 Å². The summed E-state index contributed by atoms with van der Waals surface area (Å²) in [6.45, 7) is 5.37. The van der Waals surface area contributed by atoms with Crippen molar-refractivity contribution in [3.05, 3.63) is 89.0 Å². The van der Waals surface area contributed by atoms with Crippen molar-refractivity contribution in [1.82, 2.24) is 4.90 Å². The number of benzene rings is 3. The van der Waals surface area contributed by atoms with Crippen LogP contribution in [-0.4, -0.2) is 37.1 Å². The summed E-state index contributed by atoms with van der Waals surface area (Å²) in [6.07, 6.45) is 1.21. The molecule has 0 atom stereocenters. The van der Waals surface area contributed by atoms with E-state index in [-0.39, 0.29) is 18.6 Å². The molecule has 0 aromatic heterocycles. The van der Waals surface area contributed by atoms with Crippen molar-refractivity contribution >= 4 is 17.5 Å². The smallest absolute Gasteiger partial charge is 0.258 e. The fourth-order valence-electron chi connectivity index (χ4n) is 3.95. The predicted octanol–water partition coefficient (Wildman–Crippen LogP) is 4.98. The molecule has 0 spiro atoms. The van der Waals surface area contributed by atoms with E-state index in [0.717, 1.165) is 35.3 Å². The van der Waals surface area contributed by atoms with Crippen LogP contribution in [0.3, 0.4) is 0 Å². The molecule has 1 aliphatic heterocycles. The molecular formula is C28H30N2O4. The summed E-state index contributed by atoms with van der Waals surface area (Å²) < 4.78 is 10.9. The minimum Gasteiger partial charge on any atom is -0.454 e. The van der Waals surface area contributed by atoms with Gasteiger partial charge >= 0.3 is 0 Å². The minimum atomic E-state index is -0.148. The highest BCUT2D eigenvalue weighted by Crippen LogP contribution is 2.33. The highest BCUT2D eigenvalue weighted by atomic mass is 16.7. The maximum Gasteiger partial charge on any atom is 0.258 e. The quantitative estimate of drug-likeness (QED) is 0.478. The zero-order chi connectivity index (χ0) is 24.1. The first-order valence-corrected chi connectivity index (χ1v) is 11.5. The number of carbonyl (C=O) groups excluding carboxylic acids is 2. The van der Waals surface area contributed by atoms with Crippen LogP contribution in [0.1, 0.15) is 40.4 Å². The topological polar surface area (TPSA) is 59.1 Å². The SMILES string of the molecule is CCCN(C)C(=O)Cc1cccc(N(Cc2ccc(C)cc2)C(=O)c2ccc3c(c2)OCO3)c1. The highest BCUT2D eigenvalue weighted by molar-refractivity contribution is 6.06. The first-order chi connectivity index (χ1) is 16.4. The van der Waals surface area contributed by atoms with Crippen LogP contribution in [0.25, 0.3) is 0 Å². The number of anilines is 1. The van der Waals surface area contributed by atoms with E-state index in [4.69, 9.17) is 9.47 Å². The van der Waals surface area contributed by atoms with Gasteiger partial charge < -0.3 is 19.3 Å². The van der Waals surface area contributed by atoms with Crippen LogP contribution in [0.2, 0.25) is 0 Å². The molecule has 6 heteroatoms. The molecule has 0 aliphatic carbocycles. The van der Waals surface area contributed by atoms with Crippen LogP contribution < -0.4 is 14.4 Å². The summed E-state index contributed by atoms with van der Waals surface area (Å²) in [5, 5.41) is 0. The predicted molar refractivity (Wildman–Crippen MR) is 132 cm³/mol. The van der Waals surface area contributed by atoms with E-state index in [9.17, 15) is 9.59 Å². The molecule has 2 amide bonds. The van der Waals surface area contributed by atoms with Gasteiger partial charge in [0.2, 0.25) is 12.7 Å². The lowest BCUT2D eigenvalue weighted by Gasteiger charge is -2.24. The van der Waals surface area contributed by atoms with E-state index < -0.39 is 0 Å². The van der Waals surface area contributed by atoms with Gasteiger partial charge in [0, 0.05) is 24.8 Å². The second-order valence-corrected chi connectivity index (χ2v) is 8.61. The fraction of sp³-hybridized carbons (Fsp3) is 0.286. The molecule has 6 nitrogen and oxygen atoms in total. The van der Waals surface area contributed by atoms with Gasteiger partial charge in [-0.15, -0.1) is 0 Å². The molecule has 4 rings (SSSR count). The minimum absolute atomic E-state index is 0.0613.